The van der Waals surface area contributed by atoms with Crippen LogP contribution in [-0.4, -0.2) is 17.7 Å². The van der Waals surface area contributed by atoms with Gasteiger partial charge in [-0.25, -0.2) is 0 Å². The van der Waals surface area contributed by atoms with E-state index in [9.17, 15) is 0 Å². The van der Waals surface area contributed by atoms with Crippen molar-refractivity contribution in [3.8, 4) is 0 Å². The number of aryl methyl sites for hydroxylation is 2. The monoisotopic (exact) mass is 206 g/mol. The Kier molecular flexibility index (Phi) is 2.87. The van der Waals surface area contributed by atoms with Gasteiger partial charge in [0.2, 0.25) is 0 Å². The lowest BCUT2D eigenvalue weighted by atomic mass is 9.82. The zero-order chi connectivity index (χ0) is 10.9. The lowest BCUT2D eigenvalue weighted by Crippen LogP contribution is -2.40. The molecular weight excluding hydrogens is 184 g/mol. The molecule has 1 unspecified atom stereocenters. The van der Waals surface area contributed by atoms with Crippen LogP contribution in [0.4, 0.5) is 0 Å². The molecule has 1 aliphatic rings. The first-order chi connectivity index (χ1) is 7.11. The van der Waals surface area contributed by atoms with Gasteiger partial charge in [-0.1, -0.05) is 6.92 Å². The molecule has 0 spiro atoms. The first-order valence-electron chi connectivity index (χ1n) is 5.94. The minimum atomic E-state index is 0.437. The molecule has 1 aliphatic heterocycles. The van der Waals surface area contributed by atoms with Crippen molar-refractivity contribution in [3.63, 3.8) is 0 Å². The predicted octanol–water partition coefficient (Wildman–Crippen LogP) is 2.49. The molecule has 2 rings (SSSR count). The van der Waals surface area contributed by atoms with Crippen LogP contribution < -0.4 is 5.32 Å². The van der Waals surface area contributed by atoms with Crippen LogP contribution in [-0.2, 0) is 6.54 Å². The first kappa shape index (κ1) is 10.7. The van der Waals surface area contributed by atoms with Crippen LogP contribution in [0.15, 0.2) is 12.1 Å². The molecule has 0 amide bonds. The lowest BCUT2D eigenvalue weighted by molar-refractivity contribution is 0.199. The fraction of sp³-hybridized carbons (Fsp3) is 0.692. The summed E-state index contributed by atoms with van der Waals surface area (Å²) in [5.41, 5.74) is 3.21. The van der Waals surface area contributed by atoms with Gasteiger partial charge in [-0.05, 0) is 50.8 Å². The van der Waals surface area contributed by atoms with Gasteiger partial charge in [0.1, 0.15) is 0 Å². The van der Waals surface area contributed by atoms with Gasteiger partial charge in [-0.3, -0.25) is 0 Å². The highest BCUT2D eigenvalue weighted by Gasteiger charge is 2.27. The van der Waals surface area contributed by atoms with E-state index in [4.69, 9.17) is 0 Å². The third-order valence-electron chi connectivity index (χ3n) is 3.64. The van der Waals surface area contributed by atoms with Crippen molar-refractivity contribution < 1.29 is 0 Å². The highest BCUT2D eigenvalue weighted by molar-refractivity contribution is 5.14. The van der Waals surface area contributed by atoms with Crippen LogP contribution in [0.3, 0.4) is 0 Å². The Balaban J connectivity index is 2.13. The minimum Gasteiger partial charge on any atom is -0.349 e. The summed E-state index contributed by atoms with van der Waals surface area (Å²) in [6, 6.07) is 4.43. The summed E-state index contributed by atoms with van der Waals surface area (Å²) in [6.07, 6.45) is 2.66. The number of aromatic nitrogens is 1. The summed E-state index contributed by atoms with van der Waals surface area (Å²) in [6.45, 7) is 10.3. The van der Waals surface area contributed by atoms with Gasteiger partial charge in [-0.15, -0.1) is 0 Å². The first-order valence-corrected chi connectivity index (χ1v) is 5.94. The van der Waals surface area contributed by atoms with Crippen molar-refractivity contribution in [2.75, 3.05) is 13.1 Å². The van der Waals surface area contributed by atoms with Crippen LogP contribution in [0.2, 0.25) is 0 Å². The molecule has 0 aliphatic carbocycles. The average Bonchev–Trinajstić information content (AvgIpc) is 2.50. The largest absolute Gasteiger partial charge is 0.349 e. The molecule has 0 aromatic carbocycles. The van der Waals surface area contributed by atoms with Crippen molar-refractivity contribution in [1.29, 1.82) is 0 Å². The lowest BCUT2D eigenvalue weighted by Gasteiger charge is -2.35. The van der Waals surface area contributed by atoms with Crippen molar-refractivity contribution in [1.82, 2.24) is 9.88 Å². The van der Waals surface area contributed by atoms with Gasteiger partial charge in [0.15, 0.2) is 0 Å². The maximum atomic E-state index is 3.51. The summed E-state index contributed by atoms with van der Waals surface area (Å²) in [5, 5.41) is 3.51. The number of hydrogen-bond acceptors (Lipinski definition) is 1. The third kappa shape index (κ3) is 2.25. The third-order valence-corrected chi connectivity index (χ3v) is 3.64. The molecule has 0 bridgehead atoms. The summed E-state index contributed by atoms with van der Waals surface area (Å²) in [5.74, 6) is 0. The SMILES string of the molecule is Cc1ccc(C)n1CC1(C)CCCNC1. The van der Waals surface area contributed by atoms with E-state index in [1.165, 1.54) is 30.8 Å². The number of piperidine rings is 1. The Bertz CT molecular complexity index is 313. The highest BCUT2D eigenvalue weighted by Crippen LogP contribution is 2.28. The van der Waals surface area contributed by atoms with Crippen molar-refractivity contribution in [2.45, 2.75) is 40.2 Å². The van der Waals surface area contributed by atoms with Crippen molar-refractivity contribution in [3.05, 3.63) is 23.5 Å². The quantitative estimate of drug-likeness (QED) is 0.786. The molecule has 1 aromatic rings. The van der Waals surface area contributed by atoms with Crippen LogP contribution in [0.25, 0.3) is 0 Å². The molecular formula is C13H22N2. The second-order valence-electron chi connectivity index (χ2n) is 5.29. The average molecular weight is 206 g/mol. The van der Waals surface area contributed by atoms with Crippen LogP contribution in [0.1, 0.15) is 31.2 Å². The number of rotatable bonds is 2. The van der Waals surface area contributed by atoms with Crippen LogP contribution in [0, 0.1) is 19.3 Å². The topological polar surface area (TPSA) is 17.0 Å². The molecule has 0 saturated carbocycles. The Morgan fingerprint density at radius 3 is 2.53 bits per heavy atom. The molecule has 1 saturated heterocycles. The maximum Gasteiger partial charge on any atom is 0.0290 e. The number of nitrogens with zero attached hydrogens (tertiary/aromatic N) is 1. The Morgan fingerprint density at radius 2 is 2.00 bits per heavy atom. The van der Waals surface area contributed by atoms with E-state index >= 15 is 0 Å². The second-order valence-corrected chi connectivity index (χ2v) is 5.29. The smallest absolute Gasteiger partial charge is 0.0290 e. The molecule has 84 valence electrons. The standard InChI is InChI=1S/C13H22N2/c1-11-5-6-12(2)15(11)10-13(3)7-4-8-14-9-13/h5-6,14H,4,7-10H2,1-3H3. The van der Waals surface area contributed by atoms with E-state index in [-0.39, 0.29) is 0 Å². The fourth-order valence-electron chi connectivity index (χ4n) is 2.58. The molecule has 2 heterocycles. The molecule has 2 nitrogen and oxygen atoms in total. The molecule has 0 radical (unpaired) electrons. The Labute approximate surface area is 92.7 Å². The summed E-state index contributed by atoms with van der Waals surface area (Å²) in [7, 11) is 0. The fourth-order valence-corrected chi connectivity index (χ4v) is 2.58. The van der Waals surface area contributed by atoms with E-state index in [1.54, 1.807) is 0 Å². The predicted molar refractivity (Wildman–Crippen MR) is 64.1 cm³/mol. The van der Waals surface area contributed by atoms with E-state index in [2.05, 4.69) is 42.8 Å². The minimum absolute atomic E-state index is 0.437. The summed E-state index contributed by atoms with van der Waals surface area (Å²) >= 11 is 0. The number of hydrogen-bond donors (Lipinski definition) is 1. The summed E-state index contributed by atoms with van der Waals surface area (Å²) in [4.78, 5) is 0. The maximum absolute atomic E-state index is 3.51. The van der Waals surface area contributed by atoms with E-state index in [0.717, 1.165) is 13.1 Å². The van der Waals surface area contributed by atoms with Gasteiger partial charge in [0.25, 0.3) is 0 Å². The molecule has 1 aromatic heterocycles. The number of nitrogens with one attached hydrogen (secondary N) is 1. The van der Waals surface area contributed by atoms with Gasteiger partial charge in [0, 0.05) is 24.5 Å². The van der Waals surface area contributed by atoms with E-state index in [1.807, 2.05) is 0 Å². The Hall–Kier alpha value is -0.760. The zero-order valence-corrected chi connectivity index (χ0v) is 10.1. The molecule has 1 atom stereocenters. The van der Waals surface area contributed by atoms with Crippen LogP contribution >= 0.6 is 0 Å². The molecule has 1 N–H and O–H groups in total. The van der Waals surface area contributed by atoms with E-state index < -0.39 is 0 Å². The van der Waals surface area contributed by atoms with Crippen molar-refractivity contribution >= 4 is 0 Å². The Morgan fingerprint density at radius 1 is 1.33 bits per heavy atom. The normalized spacial score (nSPS) is 26.9. The zero-order valence-electron chi connectivity index (χ0n) is 10.1. The highest BCUT2D eigenvalue weighted by atomic mass is 15.0. The molecule has 15 heavy (non-hydrogen) atoms. The molecule has 1 fully saturated rings. The molecule has 2 heteroatoms. The van der Waals surface area contributed by atoms with Gasteiger partial charge in [-0.2, -0.15) is 0 Å². The van der Waals surface area contributed by atoms with Crippen LogP contribution in [0.5, 0.6) is 0 Å². The van der Waals surface area contributed by atoms with E-state index in [0.29, 0.717) is 5.41 Å². The van der Waals surface area contributed by atoms with Gasteiger partial charge < -0.3 is 9.88 Å². The summed E-state index contributed by atoms with van der Waals surface area (Å²) < 4.78 is 2.45. The van der Waals surface area contributed by atoms with Gasteiger partial charge in [0.05, 0.1) is 0 Å². The van der Waals surface area contributed by atoms with Gasteiger partial charge >= 0.3 is 0 Å². The second kappa shape index (κ2) is 4.01. The van der Waals surface area contributed by atoms with Crippen molar-refractivity contribution in [2.24, 2.45) is 5.41 Å².